The summed E-state index contributed by atoms with van der Waals surface area (Å²) >= 11 is 0. The predicted molar refractivity (Wildman–Crippen MR) is 60.3 cm³/mol. The monoisotopic (exact) mass is 228 g/mol. The summed E-state index contributed by atoms with van der Waals surface area (Å²) in [5.41, 5.74) is 0. The second-order valence-electron chi connectivity index (χ2n) is 4.09. The van der Waals surface area contributed by atoms with Crippen LogP contribution >= 0.6 is 0 Å². The number of likely N-dealkylation sites (tertiary alicyclic amines) is 1. The van der Waals surface area contributed by atoms with E-state index in [2.05, 4.69) is 0 Å². The standard InChI is InChI=1S/C11H20N2O3/c1-2-12(9-10(14)15)11(16)13-7-5-3-4-6-8-13/h2-9H2,1H3,(H,14,15). The fraction of sp³-hybridized carbons (Fsp3) is 0.818. The number of carbonyl (C=O) groups excluding carboxylic acids is 1. The number of urea groups is 1. The Labute approximate surface area is 96.0 Å². The van der Waals surface area contributed by atoms with Gasteiger partial charge in [-0.05, 0) is 19.8 Å². The number of carboxylic acid groups (broad SMARTS) is 1. The zero-order valence-electron chi connectivity index (χ0n) is 9.81. The molecule has 1 fully saturated rings. The topological polar surface area (TPSA) is 60.9 Å². The fourth-order valence-corrected chi connectivity index (χ4v) is 1.94. The highest BCUT2D eigenvalue weighted by atomic mass is 16.4. The Hall–Kier alpha value is -1.26. The van der Waals surface area contributed by atoms with Crippen LogP contribution in [0.4, 0.5) is 4.79 Å². The molecule has 1 aliphatic heterocycles. The van der Waals surface area contributed by atoms with Crippen molar-refractivity contribution >= 4 is 12.0 Å². The minimum atomic E-state index is -0.954. The number of aliphatic carboxylic acids is 1. The molecule has 0 aromatic heterocycles. The summed E-state index contributed by atoms with van der Waals surface area (Å²) in [6.45, 7) is 3.57. The van der Waals surface area contributed by atoms with Gasteiger partial charge in [-0.1, -0.05) is 12.8 Å². The highest BCUT2D eigenvalue weighted by molar-refractivity contribution is 5.80. The Morgan fingerprint density at radius 1 is 1.19 bits per heavy atom. The molecule has 0 bridgehead atoms. The van der Waals surface area contributed by atoms with Gasteiger partial charge in [0.1, 0.15) is 6.54 Å². The molecule has 5 heteroatoms. The van der Waals surface area contributed by atoms with Crippen LogP contribution in [0.5, 0.6) is 0 Å². The molecule has 92 valence electrons. The quantitative estimate of drug-likeness (QED) is 0.794. The first-order valence-corrected chi connectivity index (χ1v) is 5.90. The minimum absolute atomic E-state index is 0.133. The molecule has 1 saturated heterocycles. The van der Waals surface area contributed by atoms with Crippen molar-refractivity contribution < 1.29 is 14.7 Å². The molecular weight excluding hydrogens is 208 g/mol. The van der Waals surface area contributed by atoms with Gasteiger partial charge >= 0.3 is 12.0 Å². The number of carbonyl (C=O) groups is 2. The van der Waals surface area contributed by atoms with Gasteiger partial charge < -0.3 is 14.9 Å². The van der Waals surface area contributed by atoms with E-state index in [9.17, 15) is 9.59 Å². The lowest BCUT2D eigenvalue weighted by molar-refractivity contribution is -0.137. The molecule has 1 aliphatic rings. The van der Waals surface area contributed by atoms with E-state index in [-0.39, 0.29) is 12.6 Å². The average Bonchev–Trinajstić information content (AvgIpc) is 2.53. The normalized spacial score (nSPS) is 16.7. The van der Waals surface area contributed by atoms with Gasteiger partial charge in [-0.15, -0.1) is 0 Å². The van der Waals surface area contributed by atoms with Gasteiger partial charge in [-0.25, -0.2) is 4.79 Å². The maximum Gasteiger partial charge on any atom is 0.323 e. The van der Waals surface area contributed by atoms with Crippen molar-refractivity contribution in [2.45, 2.75) is 32.6 Å². The van der Waals surface area contributed by atoms with Crippen molar-refractivity contribution in [1.29, 1.82) is 0 Å². The Bertz CT molecular complexity index is 248. The summed E-state index contributed by atoms with van der Waals surface area (Å²) in [7, 11) is 0. The summed E-state index contributed by atoms with van der Waals surface area (Å²) in [6.07, 6.45) is 4.37. The third kappa shape index (κ3) is 3.72. The summed E-state index contributed by atoms with van der Waals surface area (Å²) in [6, 6.07) is -0.133. The van der Waals surface area contributed by atoms with Crippen molar-refractivity contribution in [2.24, 2.45) is 0 Å². The highest BCUT2D eigenvalue weighted by Gasteiger charge is 2.22. The first-order valence-electron chi connectivity index (χ1n) is 5.90. The van der Waals surface area contributed by atoms with E-state index in [1.54, 1.807) is 11.8 Å². The van der Waals surface area contributed by atoms with Gasteiger partial charge in [0, 0.05) is 19.6 Å². The van der Waals surface area contributed by atoms with Crippen LogP contribution in [0.25, 0.3) is 0 Å². The zero-order valence-corrected chi connectivity index (χ0v) is 9.81. The van der Waals surface area contributed by atoms with Crippen LogP contribution in [0.15, 0.2) is 0 Å². The van der Waals surface area contributed by atoms with Crippen LogP contribution in [0.1, 0.15) is 32.6 Å². The first kappa shape index (κ1) is 12.8. The van der Waals surface area contributed by atoms with Crippen LogP contribution in [-0.2, 0) is 4.79 Å². The third-order valence-electron chi connectivity index (χ3n) is 2.85. The van der Waals surface area contributed by atoms with Crippen molar-refractivity contribution in [3.63, 3.8) is 0 Å². The molecule has 1 rings (SSSR count). The van der Waals surface area contributed by atoms with Crippen molar-refractivity contribution in [2.75, 3.05) is 26.2 Å². The molecule has 0 aliphatic carbocycles. The lowest BCUT2D eigenvalue weighted by Gasteiger charge is -2.27. The molecule has 2 amide bonds. The summed E-state index contributed by atoms with van der Waals surface area (Å²) in [5, 5.41) is 8.71. The largest absolute Gasteiger partial charge is 0.480 e. The Kier molecular flexibility index (Phi) is 5.08. The molecular formula is C11H20N2O3. The number of rotatable bonds is 3. The number of hydrogen-bond acceptors (Lipinski definition) is 2. The van der Waals surface area contributed by atoms with E-state index < -0.39 is 5.97 Å². The zero-order chi connectivity index (χ0) is 12.0. The Morgan fingerprint density at radius 3 is 2.19 bits per heavy atom. The van der Waals surface area contributed by atoms with E-state index in [1.165, 1.54) is 4.90 Å². The molecule has 16 heavy (non-hydrogen) atoms. The number of likely N-dealkylation sites (N-methyl/N-ethyl adjacent to an activating group) is 1. The summed E-state index contributed by atoms with van der Waals surface area (Å²) in [4.78, 5) is 25.8. The smallest absolute Gasteiger partial charge is 0.323 e. The first-order chi connectivity index (χ1) is 7.65. The van der Waals surface area contributed by atoms with E-state index in [0.29, 0.717) is 6.54 Å². The van der Waals surface area contributed by atoms with Crippen LogP contribution < -0.4 is 0 Å². The second kappa shape index (κ2) is 6.35. The molecule has 0 saturated carbocycles. The molecule has 0 aromatic rings. The maximum atomic E-state index is 12.0. The van der Waals surface area contributed by atoms with Crippen LogP contribution in [0.3, 0.4) is 0 Å². The summed E-state index contributed by atoms with van der Waals surface area (Å²) in [5.74, 6) is -0.954. The van der Waals surface area contributed by atoms with E-state index >= 15 is 0 Å². The summed E-state index contributed by atoms with van der Waals surface area (Å²) < 4.78 is 0. The van der Waals surface area contributed by atoms with E-state index in [1.807, 2.05) is 0 Å². The maximum absolute atomic E-state index is 12.0. The number of amides is 2. The van der Waals surface area contributed by atoms with Crippen molar-refractivity contribution in [3.05, 3.63) is 0 Å². The van der Waals surface area contributed by atoms with Gasteiger partial charge in [0.05, 0.1) is 0 Å². The molecule has 0 radical (unpaired) electrons. The fourth-order valence-electron chi connectivity index (χ4n) is 1.94. The molecule has 5 nitrogen and oxygen atoms in total. The molecule has 0 atom stereocenters. The number of hydrogen-bond donors (Lipinski definition) is 1. The van der Waals surface area contributed by atoms with Gasteiger partial charge in [0.2, 0.25) is 0 Å². The minimum Gasteiger partial charge on any atom is -0.480 e. The molecule has 0 unspecified atom stereocenters. The second-order valence-corrected chi connectivity index (χ2v) is 4.09. The van der Waals surface area contributed by atoms with Gasteiger partial charge in [0.25, 0.3) is 0 Å². The van der Waals surface area contributed by atoms with Gasteiger partial charge in [0.15, 0.2) is 0 Å². The number of nitrogens with zero attached hydrogens (tertiary/aromatic N) is 2. The lowest BCUT2D eigenvalue weighted by atomic mass is 10.2. The molecule has 1 heterocycles. The average molecular weight is 228 g/mol. The third-order valence-corrected chi connectivity index (χ3v) is 2.85. The van der Waals surface area contributed by atoms with E-state index in [0.717, 1.165) is 38.8 Å². The molecule has 0 spiro atoms. The SMILES string of the molecule is CCN(CC(=O)O)C(=O)N1CCCCCC1. The van der Waals surface area contributed by atoms with Crippen molar-refractivity contribution in [3.8, 4) is 0 Å². The predicted octanol–water partition coefficient (Wildman–Crippen LogP) is 1.39. The Balaban J connectivity index is 2.54. The number of carboxylic acids is 1. The molecule has 0 aromatic carbocycles. The van der Waals surface area contributed by atoms with Crippen LogP contribution in [0, 0.1) is 0 Å². The van der Waals surface area contributed by atoms with Gasteiger partial charge in [-0.3, -0.25) is 4.79 Å². The van der Waals surface area contributed by atoms with E-state index in [4.69, 9.17) is 5.11 Å². The van der Waals surface area contributed by atoms with Crippen LogP contribution in [0.2, 0.25) is 0 Å². The van der Waals surface area contributed by atoms with Crippen LogP contribution in [-0.4, -0.2) is 53.1 Å². The lowest BCUT2D eigenvalue weighted by Crippen LogP contribution is -2.45. The Morgan fingerprint density at radius 2 is 1.75 bits per heavy atom. The molecule has 1 N–H and O–H groups in total. The van der Waals surface area contributed by atoms with Crippen molar-refractivity contribution in [1.82, 2.24) is 9.80 Å². The highest BCUT2D eigenvalue weighted by Crippen LogP contribution is 2.11. The van der Waals surface area contributed by atoms with Gasteiger partial charge in [-0.2, -0.15) is 0 Å².